The van der Waals surface area contributed by atoms with Crippen molar-refractivity contribution in [2.75, 3.05) is 6.61 Å². The van der Waals surface area contributed by atoms with Gasteiger partial charge in [-0.25, -0.2) is 0 Å². The van der Waals surface area contributed by atoms with Gasteiger partial charge in [0.05, 0.1) is 6.10 Å². The second-order valence-corrected chi connectivity index (χ2v) is 6.11. The Hall–Kier alpha value is 0.100. The molecule has 0 saturated carbocycles. The molecule has 2 N–H and O–H groups in total. The van der Waals surface area contributed by atoms with E-state index in [0.29, 0.717) is 6.10 Å². The van der Waals surface area contributed by atoms with Crippen molar-refractivity contribution in [2.24, 2.45) is 5.73 Å². The molecule has 0 aromatic carbocycles. The van der Waals surface area contributed by atoms with Crippen molar-refractivity contribution in [3.8, 4) is 0 Å². The summed E-state index contributed by atoms with van der Waals surface area (Å²) in [5.74, 6) is 0. The third-order valence-electron chi connectivity index (χ3n) is 3.05. The number of thiophene rings is 1. The van der Waals surface area contributed by atoms with Gasteiger partial charge < -0.3 is 10.5 Å². The average Bonchev–Trinajstić information content (AvgIpc) is 2.88. The predicted octanol–water partition coefficient (Wildman–Crippen LogP) is 3.86. The van der Waals surface area contributed by atoms with E-state index in [1.807, 2.05) is 0 Å². The molecule has 0 spiro atoms. The van der Waals surface area contributed by atoms with Gasteiger partial charge in [0, 0.05) is 22.0 Å². The maximum Gasteiger partial charge on any atom is 0.0576 e. The number of halogens is 1. The number of hydrogen-bond donors (Lipinski definition) is 1. The zero-order chi connectivity index (χ0) is 11.4. The lowest BCUT2D eigenvalue weighted by Crippen LogP contribution is -2.11. The van der Waals surface area contributed by atoms with E-state index >= 15 is 0 Å². The lowest BCUT2D eigenvalue weighted by Gasteiger charge is -2.12. The number of rotatable bonds is 5. The van der Waals surface area contributed by atoms with Gasteiger partial charge in [0.15, 0.2) is 0 Å². The number of ether oxygens (including phenoxy) is 1. The molecule has 2 nitrogen and oxygen atoms in total. The molecular weight excluding hydrogens is 286 g/mol. The first kappa shape index (κ1) is 12.6. The minimum atomic E-state index is 0.177. The summed E-state index contributed by atoms with van der Waals surface area (Å²) in [5.41, 5.74) is 6.16. The van der Waals surface area contributed by atoms with Crippen molar-refractivity contribution in [1.29, 1.82) is 0 Å². The summed E-state index contributed by atoms with van der Waals surface area (Å²) < 4.78 is 6.76. The molecule has 1 aromatic rings. The van der Waals surface area contributed by atoms with Crippen LogP contribution in [-0.2, 0) is 4.74 Å². The normalized spacial score (nSPS) is 22.5. The van der Waals surface area contributed by atoms with Crippen LogP contribution in [0, 0.1) is 0 Å². The van der Waals surface area contributed by atoms with Crippen molar-refractivity contribution >= 4 is 27.3 Å². The minimum absolute atomic E-state index is 0.177. The maximum absolute atomic E-state index is 6.16. The highest BCUT2D eigenvalue weighted by Crippen LogP contribution is 2.30. The smallest absolute Gasteiger partial charge is 0.0576 e. The predicted molar refractivity (Wildman–Crippen MR) is 71.8 cm³/mol. The first-order valence-corrected chi connectivity index (χ1v) is 7.54. The first-order valence-electron chi connectivity index (χ1n) is 5.87. The van der Waals surface area contributed by atoms with Crippen LogP contribution in [0.15, 0.2) is 15.9 Å². The van der Waals surface area contributed by atoms with Crippen molar-refractivity contribution in [3.63, 3.8) is 0 Å². The first-order chi connectivity index (χ1) is 7.77. The fourth-order valence-electron chi connectivity index (χ4n) is 2.14. The Labute approximate surface area is 109 Å². The van der Waals surface area contributed by atoms with E-state index in [-0.39, 0.29) is 6.04 Å². The summed E-state index contributed by atoms with van der Waals surface area (Å²) >= 11 is 5.27. The van der Waals surface area contributed by atoms with Crippen LogP contribution < -0.4 is 5.73 Å². The summed E-state index contributed by atoms with van der Waals surface area (Å²) in [6.45, 7) is 0.952. The second kappa shape index (κ2) is 6.15. The molecule has 2 unspecified atom stereocenters. The van der Waals surface area contributed by atoms with Crippen LogP contribution in [0.1, 0.15) is 43.0 Å². The van der Waals surface area contributed by atoms with Gasteiger partial charge in [-0.15, -0.1) is 11.3 Å². The van der Waals surface area contributed by atoms with Gasteiger partial charge in [-0.2, -0.15) is 0 Å². The van der Waals surface area contributed by atoms with Crippen molar-refractivity contribution < 1.29 is 4.74 Å². The van der Waals surface area contributed by atoms with Crippen LogP contribution in [0.25, 0.3) is 0 Å². The summed E-state index contributed by atoms with van der Waals surface area (Å²) in [6.07, 6.45) is 6.34. The highest BCUT2D eigenvalue weighted by Gasteiger charge is 2.16. The van der Waals surface area contributed by atoms with Crippen LogP contribution in [0.5, 0.6) is 0 Å². The van der Waals surface area contributed by atoms with E-state index in [9.17, 15) is 0 Å². The van der Waals surface area contributed by atoms with E-state index in [2.05, 4.69) is 27.4 Å². The molecule has 2 heterocycles. The quantitative estimate of drug-likeness (QED) is 0.896. The highest BCUT2D eigenvalue weighted by molar-refractivity contribution is 9.10. The Bertz CT molecular complexity index is 323. The maximum atomic E-state index is 6.16. The average molecular weight is 304 g/mol. The van der Waals surface area contributed by atoms with Gasteiger partial charge in [-0.05, 0) is 59.5 Å². The molecule has 90 valence electrons. The Balaban J connectivity index is 1.71. The molecule has 16 heavy (non-hydrogen) atoms. The van der Waals surface area contributed by atoms with Gasteiger partial charge in [0.25, 0.3) is 0 Å². The highest BCUT2D eigenvalue weighted by atomic mass is 79.9. The fraction of sp³-hybridized carbons (Fsp3) is 0.667. The number of hydrogen-bond acceptors (Lipinski definition) is 3. The molecular formula is C12H18BrNOS. The molecule has 1 aliphatic heterocycles. The van der Waals surface area contributed by atoms with Gasteiger partial charge in [-0.3, -0.25) is 0 Å². The third kappa shape index (κ3) is 3.29. The van der Waals surface area contributed by atoms with Crippen molar-refractivity contribution in [2.45, 2.75) is 44.2 Å². The van der Waals surface area contributed by atoms with Crippen LogP contribution >= 0.6 is 27.3 Å². The Morgan fingerprint density at radius 1 is 1.62 bits per heavy atom. The van der Waals surface area contributed by atoms with Crippen LogP contribution in [-0.4, -0.2) is 12.7 Å². The minimum Gasteiger partial charge on any atom is -0.378 e. The zero-order valence-electron chi connectivity index (χ0n) is 9.32. The molecule has 2 atom stereocenters. The molecule has 0 aliphatic carbocycles. The van der Waals surface area contributed by atoms with Crippen molar-refractivity contribution in [1.82, 2.24) is 0 Å². The summed E-state index contributed by atoms with van der Waals surface area (Å²) in [5, 5.41) is 2.08. The summed E-state index contributed by atoms with van der Waals surface area (Å²) in [6, 6.07) is 2.25. The standard InChI is InChI=1S/C12H18BrNOS/c13-10-6-8-16-12(10)11(14)5-1-3-9-4-2-7-15-9/h6,8-9,11H,1-5,7,14H2. The van der Waals surface area contributed by atoms with Crippen LogP contribution in [0.2, 0.25) is 0 Å². The van der Waals surface area contributed by atoms with E-state index < -0.39 is 0 Å². The molecule has 1 saturated heterocycles. The molecule has 0 bridgehead atoms. The van der Waals surface area contributed by atoms with E-state index in [1.54, 1.807) is 11.3 Å². The molecule has 4 heteroatoms. The molecule has 1 aliphatic rings. The van der Waals surface area contributed by atoms with Crippen molar-refractivity contribution in [3.05, 3.63) is 20.8 Å². The summed E-state index contributed by atoms with van der Waals surface area (Å²) in [7, 11) is 0. The topological polar surface area (TPSA) is 35.2 Å². The molecule has 1 aromatic heterocycles. The lowest BCUT2D eigenvalue weighted by molar-refractivity contribution is 0.101. The van der Waals surface area contributed by atoms with Crippen LogP contribution in [0.3, 0.4) is 0 Å². The number of nitrogens with two attached hydrogens (primary N) is 1. The molecule has 0 radical (unpaired) electrons. The molecule has 0 amide bonds. The monoisotopic (exact) mass is 303 g/mol. The molecule has 1 fully saturated rings. The Kier molecular flexibility index (Phi) is 4.82. The Morgan fingerprint density at radius 2 is 2.50 bits per heavy atom. The fourth-order valence-corrected chi connectivity index (χ4v) is 3.84. The van der Waals surface area contributed by atoms with E-state index in [4.69, 9.17) is 10.5 Å². The third-order valence-corrected chi connectivity index (χ3v) is 5.05. The van der Waals surface area contributed by atoms with Gasteiger partial charge in [0.1, 0.15) is 0 Å². The van der Waals surface area contributed by atoms with E-state index in [0.717, 1.165) is 30.3 Å². The van der Waals surface area contributed by atoms with Gasteiger partial charge in [-0.1, -0.05) is 0 Å². The SMILES string of the molecule is NC(CCCC1CCCO1)c1sccc1Br. The van der Waals surface area contributed by atoms with E-state index in [1.165, 1.54) is 17.7 Å². The van der Waals surface area contributed by atoms with Gasteiger partial charge >= 0.3 is 0 Å². The molecule has 2 rings (SSSR count). The van der Waals surface area contributed by atoms with Gasteiger partial charge in [0.2, 0.25) is 0 Å². The largest absolute Gasteiger partial charge is 0.378 e. The van der Waals surface area contributed by atoms with Crippen LogP contribution in [0.4, 0.5) is 0 Å². The summed E-state index contributed by atoms with van der Waals surface area (Å²) in [4.78, 5) is 1.27. The lowest BCUT2D eigenvalue weighted by atomic mass is 10.0. The second-order valence-electron chi connectivity index (χ2n) is 4.31. The zero-order valence-corrected chi connectivity index (χ0v) is 11.7. The Morgan fingerprint density at radius 3 is 3.12 bits per heavy atom.